The van der Waals surface area contributed by atoms with Crippen LogP contribution in [-0.4, -0.2) is 19.8 Å². The summed E-state index contributed by atoms with van der Waals surface area (Å²) in [6.45, 7) is 4.18. The number of rotatable bonds is 3. The molecule has 2 aliphatic rings. The van der Waals surface area contributed by atoms with Crippen molar-refractivity contribution in [2.45, 2.75) is 38.0 Å². The molecule has 0 atom stereocenters. The monoisotopic (exact) mass is 281 g/mol. The molecule has 2 N–H and O–H groups in total. The van der Waals surface area contributed by atoms with E-state index in [0.29, 0.717) is 30.5 Å². The molecule has 1 aromatic carbocycles. The van der Waals surface area contributed by atoms with Gasteiger partial charge in [-0.1, -0.05) is 18.5 Å². The second kappa shape index (κ2) is 4.88. The Hall–Kier alpha value is -0.930. The zero-order valence-electron chi connectivity index (χ0n) is 11.3. The second-order valence-electron chi connectivity index (χ2n) is 5.43. The van der Waals surface area contributed by atoms with Crippen LogP contribution in [-0.2, 0) is 11.8 Å². The summed E-state index contributed by atoms with van der Waals surface area (Å²) < 4.78 is 11.7. The van der Waals surface area contributed by atoms with Crippen LogP contribution in [0.5, 0.6) is 11.5 Å². The van der Waals surface area contributed by atoms with E-state index in [2.05, 4.69) is 6.92 Å². The molecule has 1 saturated carbocycles. The van der Waals surface area contributed by atoms with Crippen molar-refractivity contribution in [1.29, 1.82) is 0 Å². The molecule has 0 amide bonds. The molecule has 0 spiro atoms. The minimum Gasteiger partial charge on any atom is -0.489 e. The van der Waals surface area contributed by atoms with E-state index in [1.54, 1.807) is 0 Å². The number of hydrogen-bond acceptors (Lipinski definition) is 3. The Morgan fingerprint density at radius 2 is 1.95 bits per heavy atom. The maximum atomic E-state index is 6.39. The molecule has 1 aliphatic carbocycles. The fourth-order valence-electron chi connectivity index (χ4n) is 2.90. The van der Waals surface area contributed by atoms with Gasteiger partial charge in [-0.25, -0.2) is 0 Å². The third kappa shape index (κ3) is 2.09. The third-order valence-electron chi connectivity index (χ3n) is 4.24. The minimum atomic E-state index is 0.125. The lowest BCUT2D eigenvalue weighted by molar-refractivity contribution is 0.296. The van der Waals surface area contributed by atoms with E-state index in [0.717, 1.165) is 31.4 Å². The molecule has 1 aliphatic heterocycles. The molecule has 1 fully saturated rings. The Balaban J connectivity index is 2.16. The van der Waals surface area contributed by atoms with E-state index >= 15 is 0 Å². The van der Waals surface area contributed by atoms with Crippen LogP contribution in [0.3, 0.4) is 0 Å². The van der Waals surface area contributed by atoms with Crippen molar-refractivity contribution in [2.24, 2.45) is 5.73 Å². The Labute approximate surface area is 119 Å². The Morgan fingerprint density at radius 1 is 1.26 bits per heavy atom. The van der Waals surface area contributed by atoms with Crippen molar-refractivity contribution in [2.75, 3.05) is 19.8 Å². The number of benzene rings is 1. The molecule has 3 nitrogen and oxygen atoms in total. The molecule has 4 heteroatoms. The third-order valence-corrected chi connectivity index (χ3v) is 4.52. The molecule has 3 rings (SSSR count). The highest BCUT2D eigenvalue weighted by Gasteiger charge is 2.45. The fourth-order valence-corrected chi connectivity index (χ4v) is 3.15. The summed E-state index contributed by atoms with van der Waals surface area (Å²) in [4.78, 5) is 0. The van der Waals surface area contributed by atoms with Crippen molar-refractivity contribution in [3.8, 4) is 11.5 Å². The van der Waals surface area contributed by atoms with E-state index in [1.165, 1.54) is 11.1 Å². The van der Waals surface area contributed by atoms with Crippen LogP contribution in [0.4, 0.5) is 0 Å². The normalized spacial score (nSPS) is 19.9. The van der Waals surface area contributed by atoms with E-state index in [9.17, 15) is 0 Å². The average molecular weight is 282 g/mol. The smallest absolute Gasteiger partial charge is 0.180 e. The van der Waals surface area contributed by atoms with E-state index in [4.69, 9.17) is 26.8 Å². The van der Waals surface area contributed by atoms with E-state index in [-0.39, 0.29) is 5.41 Å². The predicted octanol–water partition coefficient (Wildman–Crippen LogP) is 3.05. The maximum Gasteiger partial charge on any atom is 0.180 e. The standard InChI is InChI=1S/C15H20ClNO2/c1-2-10-11(15(9-17)4-5-15)8-12(16)14-13(10)18-6-3-7-19-14/h8H,2-7,9,17H2,1H3. The Kier molecular flexibility index (Phi) is 3.35. The summed E-state index contributed by atoms with van der Waals surface area (Å²) in [5.74, 6) is 1.56. The lowest BCUT2D eigenvalue weighted by Gasteiger charge is -2.22. The first-order valence-electron chi connectivity index (χ1n) is 7.03. The van der Waals surface area contributed by atoms with Gasteiger partial charge in [0.15, 0.2) is 11.5 Å². The molecule has 1 heterocycles. The predicted molar refractivity (Wildman–Crippen MR) is 76.4 cm³/mol. The van der Waals surface area contributed by atoms with E-state index in [1.807, 2.05) is 6.07 Å². The van der Waals surface area contributed by atoms with Gasteiger partial charge >= 0.3 is 0 Å². The first-order valence-corrected chi connectivity index (χ1v) is 7.41. The van der Waals surface area contributed by atoms with Gasteiger partial charge in [0, 0.05) is 23.9 Å². The molecule has 0 aromatic heterocycles. The van der Waals surface area contributed by atoms with Crippen LogP contribution in [0, 0.1) is 0 Å². The van der Waals surface area contributed by atoms with Gasteiger partial charge in [0.1, 0.15) is 0 Å². The van der Waals surface area contributed by atoms with Crippen molar-refractivity contribution in [3.63, 3.8) is 0 Å². The van der Waals surface area contributed by atoms with Crippen molar-refractivity contribution < 1.29 is 9.47 Å². The van der Waals surface area contributed by atoms with Crippen LogP contribution in [0.25, 0.3) is 0 Å². The van der Waals surface area contributed by atoms with Crippen LogP contribution in [0.2, 0.25) is 5.02 Å². The van der Waals surface area contributed by atoms with Gasteiger partial charge in [-0.3, -0.25) is 0 Å². The van der Waals surface area contributed by atoms with Crippen LogP contribution in [0.1, 0.15) is 37.3 Å². The number of nitrogens with two attached hydrogens (primary N) is 1. The van der Waals surface area contributed by atoms with Gasteiger partial charge in [0.05, 0.1) is 18.2 Å². The second-order valence-corrected chi connectivity index (χ2v) is 5.84. The first-order chi connectivity index (χ1) is 9.22. The molecule has 0 unspecified atom stereocenters. The largest absolute Gasteiger partial charge is 0.489 e. The highest BCUT2D eigenvalue weighted by atomic mass is 35.5. The zero-order valence-corrected chi connectivity index (χ0v) is 12.1. The number of fused-ring (bicyclic) bond motifs is 1. The highest BCUT2D eigenvalue weighted by Crippen LogP contribution is 2.53. The van der Waals surface area contributed by atoms with Crippen molar-refractivity contribution >= 4 is 11.6 Å². The number of hydrogen-bond donors (Lipinski definition) is 1. The van der Waals surface area contributed by atoms with Gasteiger partial charge in [-0.2, -0.15) is 0 Å². The Morgan fingerprint density at radius 3 is 2.53 bits per heavy atom. The Bertz CT molecular complexity index is 497. The molecule has 0 radical (unpaired) electrons. The van der Waals surface area contributed by atoms with Crippen molar-refractivity contribution in [3.05, 3.63) is 22.2 Å². The van der Waals surface area contributed by atoms with Gasteiger partial charge in [-0.05, 0) is 30.9 Å². The molecular weight excluding hydrogens is 262 g/mol. The van der Waals surface area contributed by atoms with Crippen LogP contribution in [0.15, 0.2) is 6.07 Å². The topological polar surface area (TPSA) is 44.5 Å². The summed E-state index contributed by atoms with van der Waals surface area (Å²) in [5.41, 5.74) is 8.59. The number of halogens is 1. The molecule has 0 bridgehead atoms. The van der Waals surface area contributed by atoms with Crippen LogP contribution < -0.4 is 15.2 Å². The maximum absolute atomic E-state index is 6.39. The number of ether oxygens (including phenoxy) is 2. The summed E-state index contributed by atoms with van der Waals surface area (Å²) in [5, 5.41) is 0.656. The summed E-state index contributed by atoms with van der Waals surface area (Å²) in [7, 11) is 0. The van der Waals surface area contributed by atoms with Gasteiger partial charge in [0.25, 0.3) is 0 Å². The van der Waals surface area contributed by atoms with Crippen molar-refractivity contribution in [1.82, 2.24) is 0 Å². The lowest BCUT2D eigenvalue weighted by atomic mass is 9.89. The SMILES string of the molecule is CCc1c(C2(CN)CC2)cc(Cl)c2c1OCCCO2. The highest BCUT2D eigenvalue weighted by molar-refractivity contribution is 6.32. The molecule has 19 heavy (non-hydrogen) atoms. The summed E-state index contributed by atoms with van der Waals surface area (Å²) in [6, 6.07) is 2.05. The van der Waals surface area contributed by atoms with E-state index < -0.39 is 0 Å². The quantitative estimate of drug-likeness (QED) is 0.926. The molecule has 0 saturated heterocycles. The summed E-state index contributed by atoms with van der Waals surface area (Å²) >= 11 is 6.39. The zero-order chi connectivity index (χ0) is 13.5. The minimum absolute atomic E-state index is 0.125. The van der Waals surface area contributed by atoms with Gasteiger partial charge < -0.3 is 15.2 Å². The average Bonchev–Trinajstić information content (AvgIpc) is 3.23. The van der Waals surface area contributed by atoms with Crippen LogP contribution >= 0.6 is 11.6 Å². The van der Waals surface area contributed by atoms with Gasteiger partial charge in [-0.15, -0.1) is 0 Å². The van der Waals surface area contributed by atoms with Gasteiger partial charge in [0.2, 0.25) is 0 Å². The fraction of sp³-hybridized carbons (Fsp3) is 0.600. The molecule has 1 aromatic rings. The lowest BCUT2D eigenvalue weighted by Crippen LogP contribution is -2.21. The molecule has 104 valence electrons. The summed E-state index contributed by atoms with van der Waals surface area (Å²) in [6.07, 6.45) is 4.10. The first kappa shape index (κ1) is 13.1. The molecular formula is C15H20ClNO2.